The smallest absolute Gasteiger partial charge is 0.143 e. The van der Waals surface area contributed by atoms with Gasteiger partial charge >= 0.3 is 0 Å². The van der Waals surface area contributed by atoms with Gasteiger partial charge in [-0.15, -0.1) is 0 Å². The minimum absolute atomic E-state index is 0.588. The molecular formula is C13H13ClN2O. The summed E-state index contributed by atoms with van der Waals surface area (Å²) in [4.78, 5) is 0. The van der Waals surface area contributed by atoms with E-state index in [1.54, 1.807) is 7.11 Å². The Morgan fingerprint density at radius 3 is 2.47 bits per heavy atom. The Balaban J connectivity index is 2.27. The van der Waals surface area contributed by atoms with E-state index in [1.807, 2.05) is 42.5 Å². The van der Waals surface area contributed by atoms with Gasteiger partial charge < -0.3 is 15.8 Å². The van der Waals surface area contributed by atoms with E-state index in [2.05, 4.69) is 5.32 Å². The molecule has 0 spiro atoms. The van der Waals surface area contributed by atoms with Crippen molar-refractivity contribution in [1.82, 2.24) is 0 Å². The lowest BCUT2D eigenvalue weighted by Crippen LogP contribution is -1.98. The highest BCUT2D eigenvalue weighted by molar-refractivity contribution is 6.30. The van der Waals surface area contributed by atoms with Crippen molar-refractivity contribution in [2.75, 3.05) is 18.2 Å². The lowest BCUT2D eigenvalue weighted by Gasteiger charge is -2.12. The highest BCUT2D eigenvalue weighted by atomic mass is 35.5. The van der Waals surface area contributed by atoms with Crippen molar-refractivity contribution in [3.63, 3.8) is 0 Å². The number of hydrogen-bond acceptors (Lipinski definition) is 3. The van der Waals surface area contributed by atoms with E-state index in [1.165, 1.54) is 0 Å². The number of anilines is 3. The van der Waals surface area contributed by atoms with Gasteiger partial charge in [-0.25, -0.2) is 0 Å². The van der Waals surface area contributed by atoms with Gasteiger partial charge in [-0.05, 0) is 36.4 Å². The summed E-state index contributed by atoms with van der Waals surface area (Å²) in [5.74, 6) is 0.656. The normalized spacial score (nSPS) is 10.0. The van der Waals surface area contributed by atoms with Crippen LogP contribution < -0.4 is 15.8 Å². The maximum atomic E-state index is 5.96. The number of nitrogens with one attached hydrogen (secondary N) is 1. The topological polar surface area (TPSA) is 47.3 Å². The summed E-state index contributed by atoms with van der Waals surface area (Å²) in [5, 5.41) is 3.91. The monoisotopic (exact) mass is 248 g/mol. The molecule has 0 bridgehead atoms. The molecule has 0 amide bonds. The van der Waals surface area contributed by atoms with Crippen LogP contribution in [-0.4, -0.2) is 7.11 Å². The molecular weight excluding hydrogens is 236 g/mol. The Morgan fingerprint density at radius 1 is 1.12 bits per heavy atom. The molecule has 0 aliphatic carbocycles. The molecule has 0 aliphatic heterocycles. The second-order valence-corrected chi connectivity index (χ2v) is 3.99. The van der Waals surface area contributed by atoms with E-state index in [0.717, 1.165) is 11.4 Å². The highest BCUT2D eigenvalue weighted by Gasteiger charge is 2.04. The summed E-state index contributed by atoms with van der Waals surface area (Å²) in [6.07, 6.45) is 0. The number of ether oxygens (including phenoxy) is 1. The van der Waals surface area contributed by atoms with Crippen LogP contribution in [0.1, 0.15) is 0 Å². The molecule has 2 aromatic carbocycles. The number of halogens is 1. The quantitative estimate of drug-likeness (QED) is 0.815. The molecule has 2 rings (SSSR count). The van der Waals surface area contributed by atoms with Gasteiger partial charge in [0.05, 0.1) is 18.5 Å². The standard InChI is InChI=1S/C13H13ClN2O/c1-17-12-4-2-3-11(13(12)15)16-10-7-5-9(14)6-8-10/h2-8,16H,15H2,1H3. The van der Waals surface area contributed by atoms with Gasteiger partial charge in [-0.3, -0.25) is 0 Å². The Labute approximate surface area is 105 Å². The van der Waals surface area contributed by atoms with Crippen LogP contribution in [0.25, 0.3) is 0 Å². The summed E-state index contributed by atoms with van der Waals surface area (Å²) in [7, 11) is 1.60. The number of methoxy groups -OCH3 is 1. The second kappa shape index (κ2) is 4.97. The third-order valence-corrected chi connectivity index (χ3v) is 2.66. The first-order valence-corrected chi connectivity index (χ1v) is 5.53. The Morgan fingerprint density at radius 2 is 1.82 bits per heavy atom. The molecule has 3 nitrogen and oxygen atoms in total. The summed E-state index contributed by atoms with van der Waals surface area (Å²) in [6, 6.07) is 13.0. The fourth-order valence-electron chi connectivity index (χ4n) is 1.52. The van der Waals surface area contributed by atoms with Gasteiger partial charge in [0, 0.05) is 10.7 Å². The molecule has 3 N–H and O–H groups in total. The highest BCUT2D eigenvalue weighted by Crippen LogP contribution is 2.31. The summed E-state index contributed by atoms with van der Waals surface area (Å²) < 4.78 is 5.16. The van der Waals surface area contributed by atoms with Gasteiger partial charge in [0.15, 0.2) is 0 Å². The summed E-state index contributed by atoms with van der Waals surface area (Å²) >= 11 is 5.82. The summed E-state index contributed by atoms with van der Waals surface area (Å²) in [5.41, 5.74) is 8.28. The molecule has 0 saturated carbocycles. The summed E-state index contributed by atoms with van der Waals surface area (Å²) in [6.45, 7) is 0. The van der Waals surface area contributed by atoms with Crippen molar-refractivity contribution >= 4 is 28.7 Å². The molecule has 88 valence electrons. The fraction of sp³-hybridized carbons (Fsp3) is 0.0769. The number of rotatable bonds is 3. The second-order valence-electron chi connectivity index (χ2n) is 3.55. The van der Waals surface area contributed by atoms with E-state index in [9.17, 15) is 0 Å². The van der Waals surface area contributed by atoms with Crippen LogP contribution in [0.4, 0.5) is 17.1 Å². The molecule has 0 unspecified atom stereocenters. The van der Waals surface area contributed by atoms with Crippen molar-refractivity contribution in [3.8, 4) is 5.75 Å². The maximum Gasteiger partial charge on any atom is 0.143 e. The van der Waals surface area contributed by atoms with Crippen molar-refractivity contribution < 1.29 is 4.74 Å². The van der Waals surface area contributed by atoms with E-state index in [-0.39, 0.29) is 0 Å². The largest absolute Gasteiger partial charge is 0.495 e. The molecule has 0 saturated heterocycles. The van der Waals surface area contributed by atoms with Gasteiger partial charge in [0.25, 0.3) is 0 Å². The lowest BCUT2D eigenvalue weighted by molar-refractivity contribution is 0.417. The lowest BCUT2D eigenvalue weighted by atomic mass is 10.2. The van der Waals surface area contributed by atoms with E-state index >= 15 is 0 Å². The molecule has 4 heteroatoms. The van der Waals surface area contributed by atoms with E-state index < -0.39 is 0 Å². The number of para-hydroxylation sites is 1. The zero-order valence-electron chi connectivity index (χ0n) is 9.41. The Bertz CT molecular complexity index is 511. The van der Waals surface area contributed by atoms with Crippen LogP contribution in [0.2, 0.25) is 5.02 Å². The third-order valence-electron chi connectivity index (χ3n) is 2.41. The number of nitrogens with two attached hydrogens (primary N) is 1. The predicted molar refractivity (Wildman–Crippen MR) is 72.1 cm³/mol. The molecule has 0 fully saturated rings. The van der Waals surface area contributed by atoms with Gasteiger partial charge in [0.2, 0.25) is 0 Å². The molecule has 2 aromatic rings. The zero-order chi connectivity index (χ0) is 12.3. The molecule has 0 aromatic heterocycles. The Kier molecular flexibility index (Phi) is 3.40. The fourth-order valence-corrected chi connectivity index (χ4v) is 1.65. The third kappa shape index (κ3) is 2.63. The van der Waals surface area contributed by atoms with Gasteiger partial charge in [0.1, 0.15) is 5.75 Å². The van der Waals surface area contributed by atoms with Crippen molar-refractivity contribution in [1.29, 1.82) is 0 Å². The van der Waals surface area contributed by atoms with Crippen molar-refractivity contribution in [3.05, 3.63) is 47.5 Å². The van der Waals surface area contributed by atoms with Crippen molar-refractivity contribution in [2.24, 2.45) is 0 Å². The van der Waals surface area contributed by atoms with Gasteiger partial charge in [-0.2, -0.15) is 0 Å². The first-order chi connectivity index (χ1) is 8.20. The first-order valence-electron chi connectivity index (χ1n) is 5.16. The molecule has 0 aliphatic rings. The van der Waals surface area contributed by atoms with Crippen LogP contribution >= 0.6 is 11.6 Å². The maximum absolute atomic E-state index is 5.96. The number of nitrogen functional groups attached to an aromatic ring is 1. The van der Waals surface area contributed by atoms with Crippen LogP contribution in [0, 0.1) is 0 Å². The number of benzene rings is 2. The average molecular weight is 249 g/mol. The van der Waals surface area contributed by atoms with Gasteiger partial charge in [-0.1, -0.05) is 17.7 Å². The van der Waals surface area contributed by atoms with E-state index in [0.29, 0.717) is 16.5 Å². The number of hydrogen-bond donors (Lipinski definition) is 2. The Hall–Kier alpha value is -1.87. The minimum atomic E-state index is 0.588. The molecule has 0 heterocycles. The minimum Gasteiger partial charge on any atom is -0.495 e. The van der Waals surface area contributed by atoms with Crippen molar-refractivity contribution in [2.45, 2.75) is 0 Å². The average Bonchev–Trinajstić information content (AvgIpc) is 2.35. The SMILES string of the molecule is COc1cccc(Nc2ccc(Cl)cc2)c1N. The predicted octanol–water partition coefficient (Wildman–Crippen LogP) is 3.67. The van der Waals surface area contributed by atoms with Crippen LogP contribution in [0.15, 0.2) is 42.5 Å². The molecule has 0 radical (unpaired) electrons. The van der Waals surface area contributed by atoms with Crippen LogP contribution in [0.3, 0.4) is 0 Å². The van der Waals surface area contributed by atoms with Crippen LogP contribution in [-0.2, 0) is 0 Å². The molecule has 17 heavy (non-hydrogen) atoms. The van der Waals surface area contributed by atoms with Crippen LogP contribution in [0.5, 0.6) is 5.75 Å². The van der Waals surface area contributed by atoms with E-state index in [4.69, 9.17) is 22.1 Å². The zero-order valence-corrected chi connectivity index (χ0v) is 10.2. The first kappa shape index (κ1) is 11.6. The molecule has 0 atom stereocenters.